The number of hydrogen-bond acceptors (Lipinski definition) is 3. The first-order valence-corrected chi connectivity index (χ1v) is 5.49. The average Bonchev–Trinajstić information content (AvgIpc) is 2.32. The van der Waals surface area contributed by atoms with Crippen molar-refractivity contribution in [3.8, 4) is 11.3 Å². The summed E-state index contributed by atoms with van der Waals surface area (Å²) in [5.41, 5.74) is 7.56. The molecule has 0 bridgehead atoms. The molecular weight excluding hydrogens is 236 g/mol. The molecule has 0 aliphatic carbocycles. The topological polar surface area (TPSA) is 56.0 Å². The van der Waals surface area contributed by atoms with E-state index in [4.69, 9.17) is 17.3 Å². The van der Waals surface area contributed by atoms with Crippen molar-refractivity contribution >= 4 is 23.2 Å². The van der Waals surface area contributed by atoms with Crippen LogP contribution in [0.3, 0.4) is 0 Å². The molecule has 0 aliphatic rings. The van der Waals surface area contributed by atoms with Crippen LogP contribution < -0.4 is 5.73 Å². The van der Waals surface area contributed by atoms with Crippen LogP contribution in [0, 0.1) is 0 Å². The molecule has 0 amide bonds. The Kier molecular flexibility index (Phi) is 3.11. The Labute approximate surface area is 104 Å². The maximum atomic E-state index is 11.3. The van der Waals surface area contributed by atoms with E-state index in [0.717, 1.165) is 5.56 Å². The number of pyridine rings is 1. The third-order valence-electron chi connectivity index (χ3n) is 2.43. The number of nitrogen functional groups attached to an aromatic ring is 1. The van der Waals surface area contributed by atoms with Crippen LogP contribution in [0.2, 0.25) is 5.02 Å². The molecule has 4 heteroatoms. The van der Waals surface area contributed by atoms with Crippen LogP contribution in [-0.2, 0) is 0 Å². The lowest BCUT2D eigenvalue weighted by molar-refractivity contribution is 0.101. The Morgan fingerprint density at radius 2 is 1.94 bits per heavy atom. The van der Waals surface area contributed by atoms with E-state index in [1.54, 1.807) is 6.07 Å². The van der Waals surface area contributed by atoms with Gasteiger partial charge in [-0.05, 0) is 13.0 Å². The molecule has 2 rings (SSSR count). The number of aromatic nitrogens is 1. The summed E-state index contributed by atoms with van der Waals surface area (Å²) in [6.45, 7) is 1.44. The standard InChI is InChI=1S/C13H11ClN2O/c1-8(17)10-7-11(14)12(16-13(10)15)9-5-3-2-4-6-9/h2-7H,1H3,(H2,15,16). The minimum absolute atomic E-state index is 0.142. The van der Waals surface area contributed by atoms with Crippen molar-refractivity contribution in [3.05, 3.63) is 47.0 Å². The molecule has 0 atom stereocenters. The van der Waals surface area contributed by atoms with Crippen LogP contribution in [0.25, 0.3) is 11.3 Å². The number of nitrogens with zero attached hydrogens (tertiary/aromatic N) is 1. The highest BCUT2D eigenvalue weighted by Crippen LogP contribution is 2.28. The predicted octanol–water partition coefficient (Wildman–Crippen LogP) is 3.19. The summed E-state index contributed by atoms with van der Waals surface area (Å²) in [5.74, 6) is 0.0669. The first kappa shape index (κ1) is 11.6. The van der Waals surface area contributed by atoms with Gasteiger partial charge in [-0.2, -0.15) is 0 Å². The number of nitrogens with two attached hydrogens (primary N) is 1. The number of anilines is 1. The monoisotopic (exact) mass is 246 g/mol. The number of hydrogen-bond donors (Lipinski definition) is 1. The van der Waals surface area contributed by atoms with Gasteiger partial charge in [0.2, 0.25) is 0 Å². The minimum atomic E-state index is -0.142. The largest absolute Gasteiger partial charge is 0.383 e. The summed E-state index contributed by atoms with van der Waals surface area (Å²) in [4.78, 5) is 15.5. The predicted molar refractivity (Wildman–Crippen MR) is 69.1 cm³/mol. The zero-order valence-electron chi connectivity index (χ0n) is 9.27. The lowest BCUT2D eigenvalue weighted by atomic mass is 10.1. The molecule has 0 unspecified atom stereocenters. The van der Waals surface area contributed by atoms with E-state index in [1.807, 2.05) is 30.3 Å². The van der Waals surface area contributed by atoms with E-state index in [-0.39, 0.29) is 11.6 Å². The summed E-state index contributed by atoms with van der Waals surface area (Å²) < 4.78 is 0. The number of benzene rings is 1. The van der Waals surface area contributed by atoms with E-state index < -0.39 is 0 Å². The minimum Gasteiger partial charge on any atom is -0.383 e. The first-order valence-electron chi connectivity index (χ1n) is 5.12. The fraction of sp³-hybridized carbons (Fsp3) is 0.0769. The van der Waals surface area contributed by atoms with Crippen molar-refractivity contribution in [3.63, 3.8) is 0 Å². The quantitative estimate of drug-likeness (QED) is 0.828. The normalized spacial score (nSPS) is 10.2. The Morgan fingerprint density at radius 1 is 1.29 bits per heavy atom. The van der Waals surface area contributed by atoms with Gasteiger partial charge in [0, 0.05) is 5.56 Å². The van der Waals surface area contributed by atoms with Gasteiger partial charge >= 0.3 is 0 Å². The smallest absolute Gasteiger partial charge is 0.163 e. The van der Waals surface area contributed by atoms with Crippen molar-refractivity contribution in [1.29, 1.82) is 0 Å². The van der Waals surface area contributed by atoms with Crippen molar-refractivity contribution in [1.82, 2.24) is 4.98 Å². The Morgan fingerprint density at radius 3 is 2.53 bits per heavy atom. The van der Waals surface area contributed by atoms with Gasteiger partial charge in [0.05, 0.1) is 16.3 Å². The van der Waals surface area contributed by atoms with E-state index in [2.05, 4.69) is 4.98 Å². The summed E-state index contributed by atoms with van der Waals surface area (Å²) >= 11 is 6.11. The highest BCUT2D eigenvalue weighted by molar-refractivity contribution is 6.33. The summed E-state index contributed by atoms with van der Waals surface area (Å²) in [6, 6.07) is 11.0. The third kappa shape index (κ3) is 2.29. The molecule has 1 aromatic carbocycles. The lowest BCUT2D eigenvalue weighted by Crippen LogP contribution is -2.03. The van der Waals surface area contributed by atoms with Crippen LogP contribution in [0.4, 0.5) is 5.82 Å². The van der Waals surface area contributed by atoms with Crippen molar-refractivity contribution in [2.45, 2.75) is 6.92 Å². The highest BCUT2D eigenvalue weighted by Gasteiger charge is 2.12. The van der Waals surface area contributed by atoms with Crippen LogP contribution in [0.5, 0.6) is 0 Å². The summed E-state index contributed by atoms with van der Waals surface area (Å²) in [6.07, 6.45) is 0. The average molecular weight is 247 g/mol. The number of carbonyl (C=O) groups excluding carboxylic acids is 1. The van der Waals surface area contributed by atoms with Crippen molar-refractivity contribution < 1.29 is 4.79 Å². The fourth-order valence-electron chi connectivity index (χ4n) is 1.58. The van der Waals surface area contributed by atoms with Gasteiger partial charge in [0.1, 0.15) is 5.82 Å². The van der Waals surface area contributed by atoms with Crippen LogP contribution in [0.15, 0.2) is 36.4 Å². The van der Waals surface area contributed by atoms with Crippen LogP contribution in [0.1, 0.15) is 17.3 Å². The first-order chi connectivity index (χ1) is 8.09. The molecule has 0 radical (unpaired) electrons. The van der Waals surface area contributed by atoms with E-state index in [0.29, 0.717) is 16.3 Å². The molecule has 0 saturated heterocycles. The molecule has 2 N–H and O–H groups in total. The molecule has 0 saturated carbocycles. The zero-order chi connectivity index (χ0) is 12.4. The Bertz CT molecular complexity index is 567. The number of Topliss-reactive ketones (excluding diaryl/α,β-unsaturated/α-hetero) is 1. The summed E-state index contributed by atoms with van der Waals surface area (Å²) in [7, 11) is 0. The zero-order valence-corrected chi connectivity index (χ0v) is 10.0. The van der Waals surface area contributed by atoms with Crippen LogP contribution >= 0.6 is 11.6 Å². The molecule has 3 nitrogen and oxygen atoms in total. The molecule has 1 heterocycles. The Hall–Kier alpha value is -1.87. The SMILES string of the molecule is CC(=O)c1cc(Cl)c(-c2ccccc2)nc1N. The molecule has 0 spiro atoms. The van der Waals surface area contributed by atoms with Gasteiger partial charge in [-0.1, -0.05) is 41.9 Å². The molecule has 1 aromatic heterocycles. The lowest BCUT2D eigenvalue weighted by Gasteiger charge is -2.07. The maximum Gasteiger partial charge on any atom is 0.163 e. The van der Waals surface area contributed by atoms with E-state index >= 15 is 0 Å². The second-order valence-corrected chi connectivity index (χ2v) is 4.08. The van der Waals surface area contributed by atoms with Gasteiger partial charge in [-0.15, -0.1) is 0 Å². The van der Waals surface area contributed by atoms with Gasteiger partial charge in [0.25, 0.3) is 0 Å². The van der Waals surface area contributed by atoms with Gasteiger partial charge in [-0.3, -0.25) is 4.79 Å². The number of halogens is 1. The molecule has 17 heavy (non-hydrogen) atoms. The number of rotatable bonds is 2. The fourth-order valence-corrected chi connectivity index (χ4v) is 1.84. The van der Waals surface area contributed by atoms with Gasteiger partial charge < -0.3 is 5.73 Å². The van der Waals surface area contributed by atoms with E-state index in [9.17, 15) is 4.79 Å². The van der Waals surface area contributed by atoms with Crippen molar-refractivity contribution in [2.24, 2.45) is 0 Å². The number of carbonyl (C=O) groups is 1. The van der Waals surface area contributed by atoms with Crippen molar-refractivity contribution in [2.75, 3.05) is 5.73 Å². The molecule has 0 fully saturated rings. The van der Waals surface area contributed by atoms with Gasteiger partial charge in [-0.25, -0.2) is 4.98 Å². The molecular formula is C13H11ClN2O. The maximum absolute atomic E-state index is 11.3. The number of ketones is 1. The van der Waals surface area contributed by atoms with Gasteiger partial charge in [0.15, 0.2) is 5.78 Å². The second kappa shape index (κ2) is 4.55. The Balaban J connectivity index is 2.58. The molecule has 86 valence electrons. The highest BCUT2D eigenvalue weighted by atomic mass is 35.5. The van der Waals surface area contributed by atoms with E-state index in [1.165, 1.54) is 6.92 Å². The molecule has 2 aromatic rings. The second-order valence-electron chi connectivity index (χ2n) is 3.67. The third-order valence-corrected chi connectivity index (χ3v) is 2.72. The molecule has 0 aliphatic heterocycles. The summed E-state index contributed by atoms with van der Waals surface area (Å²) in [5, 5.41) is 0.426. The van der Waals surface area contributed by atoms with Crippen LogP contribution in [-0.4, -0.2) is 10.8 Å².